The van der Waals surface area contributed by atoms with Crippen LogP contribution in [-0.2, 0) is 4.74 Å². The molecule has 0 radical (unpaired) electrons. The van der Waals surface area contributed by atoms with Crippen molar-refractivity contribution in [1.82, 2.24) is 0 Å². The van der Waals surface area contributed by atoms with E-state index in [0.29, 0.717) is 6.07 Å². The summed E-state index contributed by atoms with van der Waals surface area (Å²) in [6, 6.07) is 0.333. The molecule has 0 bridgehead atoms. The Morgan fingerprint density at radius 1 is 1.57 bits per heavy atom. The van der Waals surface area contributed by atoms with Crippen molar-refractivity contribution in [3.8, 4) is 0 Å². The van der Waals surface area contributed by atoms with E-state index in [1.165, 1.54) is 6.42 Å². The zero-order valence-electron chi connectivity index (χ0n) is 4.61. The predicted octanol–water partition coefficient (Wildman–Crippen LogP) is 2.00. The minimum absolute atomic E-state index is 0.333. The van der Waals surface area contributed by atoms with Gasteiger partial charge >= 0.3 is 0 Å². The van der Waals surface area contributed by atoms with Gasteiger partial charge in [-0.25, -0.2) is 0 Å². The zero-order chi connectivity index (χ0) is 5.54. The molecule has 0 fully saturated rings. The minimum atomic E-state index is 0.333. The van der Waals surface area contributed by atoms with Crippen LogP contribution in [0.15, 0.2) is 0 Å². The van der Waals surface area contributed by atoms with Crippen LogP contribution in [0.3, 0.4) is 0 Å². The van der Waals surface area contributed by atoms with Crippen LogP contribution in [0.4, 0.5) is 0 Å². The fourth-order valence-corrected chi connectivity index (χ4v) is 0.410. The van der Waals surface area contributed by atoms with Crippen molar-refractivity contribution in [2.75, 3.05) is 12.7 Å². The second-order valence-electron chi connectivity index (χ2n) is 1.37. The van der Waals surface area contributed by atoms with E-state index in [9.17, 15) is 0 Å². The summed E-state index contributed by atoms with van der Waals surface area (Å²) in [6.07, 6.45) is 2.30. The number of hydrogen-bond donors (Lipinski definition) is 0. The first kappa shape index (κ1) is 7.25. The fraction of sp³-hybridized carbons (Fsp3) is 1.00. The molecule has 0 unspecified atom stereocenters. The van der Waals surface area contributed by atoms with Gasteiger partial charge < -0.3 is 4.74 Å². The van der Waals surface area contributed by atoms with Gasteiger partial charge in [-0.05, 0) is 6.42 Å². The van der Waals surface area contributed by atoms with Crippen LogP contribution in [0.5, 0.6) is 0 Å². The van der Waals surface area contributed by atoms with E-state index >= 15 is 0 Å². The Bertz CT molecular complexity index is 27.3. The van der Waals surface area contributed by atoms with Crippen molar-refractivity contribution in [3.63, 3.8) is 0 Å². The summed E-state index contributed by atoms with van der Waals surface area (Å²) in [6.45, 7) is 2.93. The first-order chi connectivity index (χ1) is 3.41. The molecule has 0 saturated carbocycles. The smallest absolute Gasteiger partial charge is 0.120 e. The first-order valence-corrected chi connectivity index (χ1v) is 3.09. The largest absolute Gasteiger partial charge is 0.366 e. The lowest BCUT2D eigenvalue weighted by molar-refractivity contribution is 0.175. The Labute approximate surface area is 49.6 Å². The standard InChI is InChI=1S/C5H11ClO/c1-2-3-4-7-5-6/h2-5H2,1H3. The van der Waals surface area contributed by atoms with Gasteiger partial charge in [0, 0.05) is 6.61 Å². The van der Waals surface area contributed by atoms with Gasteiger partial charge in [0.2, 0.25) is 0 Å². The van der Waals surface area contributed by atoms with Crippen molar-refractivity contribution in [1.29, 1.82) is 0 Å². The lowest BCUT2D eigenvalue weighted by Crippen LogP contribution is -1.88. The maximum absolute atomic E-state index is 5.22. The number of alkyl halides is 1. The van der Waals surface area contributed by atoms with Crippen molar-refractivity contribution in [2.45, 2.75) is 19.8 Å². The average Bonchev–Trinajstić information content (AvgIpc) is 1.69. The molecule has 44 valence electrons. The van der Waals surface area contributed by atoms with Gasteiger partial charge in [-0.3, -0.25) is 0 Å². The summed E-state index contributed by atoms with van der Waals surface area (Å²) in [5.74, 6) is 0. The molecule has 0 aliphatic rings. The second kappa shape index (κ2) is 6.25. The van der Waals surface area contributed by atoms with Gasteiger partial charge in [0.15, 0.2) is 0 Å². The third kappa shape index (κ3) is 6.25. The summed E-state index contributed by atoms with van der Waals surface area (Å²) in [5, 5.41) is 0. The zero-order valence-corrected chi connectivity index (χ0v) is 5.37. The highest BCUT2D eigenvalue weighted by Crippen LogP contribution is 1.87. The van der Waals surface area contributed by atoms with Gasteiger partial charge in [0.1, 0.15) is 6.07 Å². The van der Waals surface area contributed by atoms with Gasteiger partial charge in [-0.2, -0.15) is 0 Å². The Hall–Kier alpha value is 0.250. The van der Waals surface area contributed by atoms with E-state index in [2.05, 4.69) is 6.92 Å². The topological polar surface area (TPSA) is 9.23 Å². The van der Waals surface area contributed by atoms with Crippen LogP contribution in [-0.4, -0.2) is 12.7 Å². The number of halogens is 1. The van der Waals surface area contributed by atoms with Crippen molar-refractivity contribution < 1.29 is 4.74 Å². The number of unbranched alkanes of at least 4 members (excludes halogenated alkanes) is 1. The molecule has 1 nitrogen and oxygen atoms in total. The molecule has 0 aromatic heterocycles. The van der Waals surface area contributed by atoms with Crippen LogP contribution in [0.25, 0.3) is 0 Å². The molecular weight excluding hydrogens is 112 g/mol. The molecule has 0 N–H and O–H groups in total. The summed E-state index contributed by atoms with van der Waals surface area (Å²) in [5.41, 5.74) is 0. The molecule has 0 aromatic rings. The van der Waals surface area contributed by atoms with Gasteiger partial charge in [0.05, 0.1) is 0 Å². The molecule has 0 spiro atoms. The van der Waals surface area contributed by atoms with Gasteiger partial charge in [-0.15, -0.1) is 0 Å². The first-order valence-electron chi connectivity index (χ1n) is 2.55. The molecule has 0 aromatic carbocycles. The van der Waals surface area contributed by atoms with Gasteiger partial charge in [-0.1, -0.05) is 24.9 Å². The molecule has 0 saturated heterocycles. The SMILES string of the molecule is CCCCOCCl. The van der Waals surface area contributed by atoms with E-state index < -0.39 is 0 Å². The summed E-state index contributed by atoms with van der Waals surface area (Å²) in [7, 11) is 0. The molecule has 0 heterocycles. The maximum Gasteiger partial charge on any atom is 0.120 e. The molecular formula is C5H11ClO. The number of rotatable bonds is 4. The van der Waals surface area contributed by atoms with E-state index in [1.54, 1.807) is 0 Å². The second-order valence-corrected chi connectivity index (χ2v) is 1.59. The minimum Gasteiger partial charge on any atom is -0.366 e. The Morgan fingerprint density at radius 3 is 2.71 bits per heavy atom. The molecule has 0 amide bonds. The summed E-state index contributed by atoms with van der Waals surface area (Å²) < 4.78 is 4.84. The van der Waals surface area contributed by atoms with E-state index in [4.69, 9.17) is 16.3 Å². The lowest BCUT2D eigenvalue weighted by Gasteiger charge is -1.93. The number of hydrogen-bond acceptors (Lipinski definition) is 1. The van der Waals surface area contributed by atoms with Crippen molar-refractivity contribution in [3.05, 3.63) is 0 Å². The average molecular weight is 123 g/mol. The molecule has 0 aliphatic carbocycles. The van der Waals surface area contributed by atoms with Crippen molar-refractivity contribution in [2.24, 2.45) is 0 Å². The van der Waals surface area contributed by atoms with Crippen molar-refractivity contribution >= 4 is 11.6 Å². The molecule has 7 heavy (non-hydrogen) atoms. The normalized spacial score (nSPS) is 9.43. The highest BCUT2D eigenvalue weighted by atomic mass is 35.5. The monoisotopic (exact) mass is 122 g/mol. The molecule has 0 aliphatic heterocycles. The predicted molar refractivity (Wildman–Crippen MR) is 31.6 cm³/mol. The van der Waals surface area contributed by atoms with Crippen LogP contribution in [0.1, 0.15) is 19.8 Å². The van der Waals surface area contributed by atoms with Crippen LogP contribution in [0, 0.1) is 0 Å². The quantitative estimate of drug-likeness (QED) is 0.410. The van der Waals surface area contributed by atoms with Crippen LogP contribution < -0.4 is 0 Å². The van der Waals surface area contributed by atoms with Gasteiger partial charge in [0.25, 0.3) is 0 Å². The molecule has 2 heteroatoms. The van der Waals surface area contributed by atoms with E-state index in [0.717, 1.165) is 13.0 Å². The maximum atomic E-state index is 5.22. The Morgan fingerprint density at radius 2 is 2.29 bits per heavy atom. The van der Waals surface area contributed by atoms with E-state index in [-0.39, 0.29) is 0 Å². The summed E-state index contributed by atoms with van der Waals surface area (Å²) in [4.78, 5) is 0. The van der Waals surface area contributed by atoms with E-state index in [1.807, 2.05) is 0 Å². The molecule has 0 atom stereocenters. The molecule has 0 rings (SSSR count). The van der Waals surface area contributed by atoms with Crippen LogP contribution in [0.2, 0.25) is 0 Å². The highest BCUT2D eigenvalue weighted by Gasteiger charge is 1.79. The lowest BCUT2D eigenvalue weighted by atomic mass is 10.4. The third-order valence-corrected chi connectivity index (χ3v) is 0.874. The Balaban J connectivity index is 2.45. The third-order valence-electron chi connectivity index (χ3n) is 0.719. The highest BCUT2D eigenvalue weighted by molar-refractivity contribution is 6.17. The number of ether oxygens (including phenoxy) is 1. The summed E-state index contributed by atoms with van der Waals surface area (Å²) >= 11 is 5.22. The Kier molecular flexibility index (Phi) is 6.47. The van der Waals surface area contributed by atoms with Crippen LogP contribution >= 0.6 is 11.6 Å². The fourth-order valence-electron chi connectivity index (χ4n) is 0.301.